The number of aromatic hydroxyl groups is 1. The minimum Gasteiger partial charge on any atom is -0.508 e. The Morgan fingerprint density at radius 3 is 2.60 bits per heavy atom. The average Bonchev–Trinajstić information content (AvgIpc) is 2.70. The van der Waals surface area contributed by atoms with E-state index in [0.717, 1.165) is 5.56 Å². The number of anilines is 1. The van der Waals surface area contributed by atoms with E-state index in [-0.39, 0.29) is 39.0 Å². The summed E-state index contributed by atoms with van der Waals surface area (Å²) < 4.78 is 33.9. The smallest absolute Gasteiger partial charge is 0.264 e. The molecule has 0 bridgehead atoms. The highest BCUT2D eigenvalue weighted by Gasteiger charge is 2.22. The summed E-state index contributed by atoms with van der Waals surface area (Å²) in [5, 5.41) is 9.35. The van der Waals surface area contributed by atoms with Gasteiger partial charge in [-0.3, -0.25) is 4.72 Å². The van der Waals surface area contributed by atoms with Crippen molar-refractivity contribution in [1.29, 1.82) is 0 Å². The molecule has 0 fully saturated rings. The van der Waals surface area contributed by atoms with Crippen LogP contribution in [0.3, 0.4) is 0 Å². The number of nitrogens with zero attached hydrogens (tertiary/aromatic N) is 2. The first-order chi connectivity index (χ1) is 14.3. The summed E-state index contributed by atoms with van der Waals surface area (Å²) in [5.74, 6) is 0.159. The standard InChI is InChI=1S/C19H16BrCl2N3O4S/c20-16-11-23-18(25-30(27,28)15-5-1-4-14(21)17(15)22)19(24-16)29-10-2-3-12-6-8-13(26)9-7-12/h1,4-9,11,26H,2-3,10H2,(H,23,25). The number of aromatic nitrogens is 2. The fraction of sp³-hybridized carbons (Fsp3) is 0.158. The summed E-state index contributed by atoms with van der Waals surface area (Å²) in [5.41, 5.74) is 1.04. The largest absolute Gasteiger partial charge is 0.508 e. The SMILES string of the molecule is O=S(=O)(Nc1ncc(Br)nc1OCCCc1ccc(O)cc1)c1cccc(Cl)c1Cl. The normalized spacial score (nSPS) is 11.3. The summed E-state index contributed by atoms with van der Waals surface area (Å²) in [7, 11) is -4.07. The molecule has 11 heteroatoms. The molecular weight excluding hydrogens is 517 g/mol. The van der Waals surface area contributed by atoms with Gasteiger partial charge in [0.15, 0.2) is 0 Å². The first kappa shape index (κ1) is 22.6. The highest BCUT2D eigenvalue weighted by atomic mass is 79.9. The number of sulfonamides is 1. The number of halogens is 3. The molecule has 3 rings (SSSR count). The Hall–Kier alpha value is -2.07. The predicted octanol–water partition coefficient (Wildman–Crippen LogP) is 5.06. The summed E-state index contributed by atoms with van der Waals surface area (Å²) in [6.45, 7) is 0.276. The van der Waals surface area contributed by atoms with Gasteiger partial charge < -0.3 is 9.84 Å². The van der Waals surface area contributed by atoms with Crippen LogP contribution in [0.25, 0.3) is 0 Å². The van der Waals surface area contributed by atoms with Gasteiger partial charge in [-0.1, -0.05) is 41.4 Å². The monoisotopic (exact) mass is 531 g/mol. The van der Waals surface area contributed by atoms with E-state index in [1.807, 2.05) is 12.1 Å². The second-order valence-corrected chi connectivity index (χ2v) is 9.37. The highest BCUT2D eigenvalue weighted by molar-refractivity contribution is 9.10. The number of nitrogens with one attached hydrogen (secondary N) is 1. The van der Waals surface area contributed by atoms with Gasteiger partial charge >= 0.3 is 0 Å². The molecule has 1 aromatic heterocycles. The van der Waals surface area contributed by atoms with Gasteiger partial charge in [-0.2, -0.15) is 0 Å². The summed E-state index contributed by atoms with van der Waals surface area (Å²) in [4.78, 5) is 8.04. The van der Waals surface area contributed by atoms with Gasteiger partial charge in [0.25, 0.3) is 15.9 Å². The Morgan fingerprint density at radius 1 is 1.13 bits per heavy atom. The molecule has 1 heterocycles. The van der Waals surface area contributed by atoms with Crippen molar-refractivity contribution in [2.75, 3.05) is 11.3 Å². The van der Waals surface area contributed by atoms with E-state index in [2.05, 4.69) is 30.6 Å². The van der Waals surface area contributed by atoms with Gasteiger partial charge in [-0.15, -0.1) is 0 Å². The first-order valence-electron chi connectivity index (χ1n) is 8.66. The van der Waals surface area contributed by atoms with Crippen molar-refractivity contribution in [3.63, 3.8) is 0 Å². The molecule has 3 aromatic rings. The van der Waals surface area contributed by atoms with Gasteiger partial charge in [-0.05, 0) is 58.6 Å². The predicted molar refractivity (Wildman–Crippen MR) is 119 cm³/mol. The lowest BCUT2D eigenvalue weighted by Crippen LogP contribution is -2.16. The molecule has 0 aliphatic rings. The maximum Gasteiger partial charge on any atom is 0.264 e. The van der Waals surface area contributed by atoms with Crippen LogP contribution in [0, 0.1) is 0 Å². The molecule has 0 unspecified atom stereocenters. The molecule has 158 valence electrons. The zero-order valence-corrected chi connectivity index (χ0v) is 19.3. The number of phenols is 1. The maximum absolute atomic E-state index is 12.7. The van der Waals surface area contributed by atoms with Crippen molar-refractivity contribution in [1.82, 2.24) is 9.97 Å². The van der Waals surface area contributed by atoms with Crippen molar-refractivity contribution in [3.05, 3.63) is 68.9 Å². The fourth-order valence-corrected chi connectivity index (χ4v) is 4.54. The van der Waals surface area contributed by atoms with E-state index in [1.165, 1.54) is 24.4 Å². The lowest BCUT2D eigenvalue weighted by atomic mass is 10.1. The van der Waals surface area contributed by atoms with Gasteiger partial charge in [-0.25, -0.2) is 18.4 Å². The van der Waals surface area contributed by atoms with E-state index < -0.39 is 10.0 Å². The van der Waals surface area contributed by atoms with Crippen molar-refractivity contribution in [3.8, 4) is 11.6 Å². The zero-order valence-electron chi connectivity index (χ0n) is 15.3. The fourth-order valence-electron chi connectivity index (χ4n) is 2.50. The number of phenolic OH excluding ortho intramolecular Hbond substituents is 1. The molecule has 0 amide bonds. The number of rotatable bonds is 8. The molecule has 2 aromatic carbocycles. The number of benzene rings is 2. The Morgan fingerprint density at radius 2 is 1.87 bits per heavy atom. The lowest BCUT2D eigenvalue weighted by Gasteiger charge is -2.13. The summed E-state index contributed by atoms with van der Waals surface area (Å²) in [6.07, 6.45) is 2.70. The van der Waals surface area contributed by atoms with E-state index in [4.69, 9.17) is 27.9 Å². The van der Waals surface area contributed by atoms with Crippen LogP contribution < -0.4 is 9.46 Å². The third-order valence-electron chi connectivity index (χ3n) is 3.93. The van der Waals surface area contributed by atoms with E-state index in [0.29, 0.717) is 17.4 Å². The number of hydrogen-bond donors (Lipinski definition) is 2. The van der Waals surface area contributed by atoms with Gasteiger partial charge in [0.1, 0.15) is 15.2 Å². The molecule has 0 aliphatic carbocycles. The Balaban J connectivity index is 1.71. The molecule has 0 spiro atoms. The Labute approximate surface area is 192 Å². The molecule has 0 radical (unpaired) electrons. The Kier molecular flexibility index (Phi) is 7.41. The van der Waals surface area contributed by atoms with Crippen molar-refractivity contribution in [2.24, 2.45) is 0 Å². The lowest BCUT2D eigenvalue weighted by molar-refractivity contribution is 0.299. The molecule has 0 saturated heterocycles. The third kappa shape index (κ3) is 5.75. The van der Waals surface area contributed by atoms with Crippen molar-refractivity contribution >= 4 is 55.0 Å². The second-order valence-electron chi connectivity index (χ2n) is 6.12. The summed E-state index contributed by atoms with van der Waals surface area (Å²) >= 11 is 15.2. The third-order valence-corrected chi connectivity index (χ3v) is 6.63. The highest BCUT2D eigenvalue weighted by Crippen LogP contribution is 2.31. The topological polar surface area (TPSA) is 101 Å². The van der Waals surface area contributed by atoms with Crippen LogP contribution in [0.4, 0.5) is 5.82 Å². The number of ether oxygens (including phenoxy) is 1. The van der Waals surface area contributed by atoms with Crippen LogP contribution in [-0.2, 0) is 16.4 Å². The van der Waals surface area contributed by atoms with Gasteiger partial charge in [0, 0.05) is 0 Å². The zero-order chi connectivity index (χ0) is 21.7. The van der Waals surface area contributed by atoms with Crippen LogP contribution in [-0.4, -0.2) is 30.1 Å². The van der Waals surface area contributed by atoms with Crippen LogP contribution in [0.5, 0.6) is 11.6 Å². The van der Waals surface area contributed by atoms with Crippen LogP contribution in [0.1, 0.15) is 12.0 Å². The minimum atomic E-state index is -4.07. The summed E-state index contributed by atoms with van der Waals surface area (Å²) in [6, 6.07) is 11.2. The molecule has 30 heavy (non-hydrogen) atoms. The quantitative estimate of drug-likeness (QED) is 0.393. The van der Waals surface area contributed by atoms with E-state index in [1.54, 1.807) is 12.1 Å². The van der Waals surface area contributed by atoms with Crippen LogP contribution >= 0.6 is 39.1 Å². The average molecular weight is 533 g/mol. The van der Waals surface area contributed by atoms with E-state index >= 15 is 0 Å². The van der Waals surface area contributed by atoms with Crippen molar-refractivity contribution < 1.29 is 18.3 Å². The molecule has 2 N–H and O–H groups in total. The molecular formula is C19H16BrCl2N3O4S. The number of aryl methyl sites for hydroxylation is 1. The number of hydrogen-bond acceptors (Lipinski definition) is 6. The first-order valence-corrected chi connectivity index (χ1v) is 11.7. The minimum absolute atomic E-state index is 0.0248. The second kappa shape index (κ2) is 9.82. The van der Waals surface area contributed by atoms with Gasteiger partial charge in [0.2, 0.25) is 5.82 Å². The van der Waals surface area contributed by atoms with Crippen LogP contribution in [0.2, 0.25) is 10.0 Å². The molecule has 0 aliphatic heterocycles. The van der Waals surface area contributed by atoms with Gasteiger partial charge in [0.05, 0.1) is 22.8 Å². The van der Waals surface area contributed by atoms with Crippen LogP contribution in [0.15, 0.2) is 58.2 Å². The Bertz CT molecular complexity index is 1150. The van der Waals surface area contributed by atoms with Crippen molar-refractivity contribution in [2.45, 2.75) is 17.7 Å². The van der Waals surface area contributed by atoms with E-state index in [9.17, 15) is 13.5 Å². The molecule has 7 nitrogen and oxygen atoms in total. The molecule has 0 atom stereocenters. The molecule has 0 saturated carbocycles. The maximum atomic E-state index is 12.7.